The zero-order chi connectivity index (χ0) is 8.77. The summed E-state index contributed by atoms with van der Waals surface area (Å²) in [6.07, 6.45) is 1.54. The first-order valence-electron chi connectivity index (χ1n) is 4.08. The minimum absolute atomic E-state index is 0.147. The molecule has 0 amide bonds. The number of carbonyl (C=O) groups is 1. The van der Waals surface area contributed by atoms with E-state index in [1.165, 1.54) is 0 Å². The van der Waals surface area contributed by atoms with Crippen LogP contribution in [0.5, 0.6) is 0 Å². The quantitative estimate of drug-likeness (QED) is 0.549. The van der Waals surface area contributed by atoms with E-state index < -0.39 is 0 Å². The van der Waals surface area contributed by atoms with Crippen LogP contribution in [0.1, 0.15) is 19.8 Å². The zero-order valence-electron chi connectivity index (χ0n) is 7.35. The molecule has 1 atom stereocenters. The van der Waals surface area contributed by atoms with Gasteiger partial charge in [-0.1, -0.05) is 0 Å². The van der Waals surface area contributed by atoms with Crippen LogP contribution in [-0.2, 0) is 14.3 Å². The maximum atomic E-state index is 11.1. The second-order valence-corrected chi connectivity index (χ2v) is 3.67. The van der Waals surface area contributed by atoms with Crippen molar-refractivity contribution in [1.82, 2.24) is 0 Å². The SMILES string of the molecule is COC1(C)CC2=C(C1)C(=O)OC2. The molecule has 2 rings (SSSR count). The Kier molecular flexibility index (Phi) is 1.51. The molecule has 3 nitrogen and oxygen atoms in total. The second-order valence-electron chi connectivity index (χ2n) is 3.67. The van der Waals surface area contributed by atoms with Crippen molar-refractivity contribution in [3.8, 4) is 0 Å². The fourth-order valence-corrected chi connectivity index (χ4v) is 1.86. The largest absolute Gasteiger partial charge is 0.458 e. The Balaban J connectivity index is 2.20. The van der Waals surface area contributed by atoms with Crippen molar-refractivity contribution in [2.24, 2.45) is 0 Å². The van der Waals surface area contributed by atoms with E-state index in [2.05, 4.69) is 0 Å². The molecule has 0 N–H and O–H groups in total. The molecule has 1 heterocycles. The molecule has 3 heteroatoms. The average molecular weight is 168 g/mol. The lowest BCUT2D eigenvalue weighted by atomic mass is 10.0. The number of hydrogen-bond donors (Lipinski definition) is 0. The van der Waals surface area contributed by atoms with Crippen molar-refractivity contribution in [3.63, 3.8) is 0 Å². The van der Waals surface area contributed by atoms with Gasteiger partial charge in [0.15, 0.2) is 0 Å². The highest BCUT2D eigenvalue weighted by Gasteiger charge is 2.41. The van der Waals surface area contributed by atoms with Crippen molar-refractivity contribution in [1.29, 1.82) is 0 Å². The van der Waals surface area contributed by atoms with Gasteiger partial charge in [-0.15, -0.1) is 0 Å². The summed E-state index contributed by atoms with van der Waals surface area (Å²) < 4.78 is 10.2. The van der Waals surface area contributed by atoms with Crippen LogP contribution >= 0.6 is 0 Å². The van der Waals surface area contributed by atoms with Gasteiger partial charge in [0.05, 0.1) is 5.60 Å². The molecule has 66 valence electrons. The van der Waals surface area contributed by atoms with Gasteiger partial charge >= 0.3 is 5.97 Å². The first kappa shape index (κ1) is 7.80. The highest BCUT2D eigenvalue weighted by atomic mass is 16.5. The lowest BCUT2D eigenvalue weighted by Crippen LogP contribution is -2.25. The van der Waals surface area contributed by atoms with Gasteiger partial charge in [-0.3, -0.25) is 0 Å². The topological polar surface area (TPSA) is 35.5 Å². The Morgan fingerprint density at radius 1 is 1.50 bits per heavy atom. The molecule has 0 spiro atoms. The zero-order valence-corrected chi connectivity index (χ0v) is 7.35. The Bertz CT molecular complexity index is 267. The molecule has 1 unspecified atom stereocenters. The Morgan fingerprint density at radius 2 is 2.25 bits per heavy atom. The smallest absolute Gasteiger partial charge is 0.334 e. The fourth-order valence-electron chi connectivity index (χ4n) is 1.86. The van der Waals surface area contributed by atoms with E-state index in [9.17, 15) is 4.79 Å². The lowest BCUT2D eigenvalue weighted by Gasteiger charge is -2.23. The summed E-state index contributed by atoms with van der Waals surface area (Å²) in [6, 6.07) is 0. The minimum atomic E-state index is -0.163. The van der Waals surface area contributed by atoms with Crippen molar-refractivity contribution in [3.05, 3.63) is 11.1 Å². The number of esters is 1. The Hall–Kier alpha value is -0.830. The number of cyclic esters (lactones) is 1. The van der Waals surface area contributed by atoms with E-state index in [1.807, 2.05) is 6.92 Å². The highest BCUT2D eigenvalue weighted by molar-refractivity contribution is 5.92. The van der Waals surface area contributed by atoms with Gasteiger partial charge in [0, 0.05) is 25.5 Å². The van der Waals surface area contributed by atoms with E-state index in [-0.39, 0.29) is 11.6 Å². The predicted molar refractivity (Wildman–Crippen MR) is 42.6 cm³/mol. The summed E-state index contributed by atoms with van der Waals surface area (Å²) >= 11 is 0. The van der Waals surface area contributed by atoms with E-state index in [0.29, 0.717) is 13.0 Å². The summed E-state index contributed by atoms with van der Waals surface area (Å²) in [5, 5.41) is 0. The number of hydrogen-bond acceptors (Lipinski definition) is 3. The number of methoxy groups -OCH3 is 1. The molecule has 0 saturated carbocycles. The second kappa shape index (κ2) is 2.33. The van der Waals surface area contributed by atoms with Gasteiger partial charge in [-0.2, -0.15) is 0 Å². The van der Waals surface area contributed by atoms with Crippen LogP contribution in [0.25, 0.3) is 0 Å². The first-order valence-corrected chi connectivity index (χ1v) is 4.08. The number of rotatable bonds is 1. The van der Waals surface area contributed by atoms with Crippen LogP contribution in [0.2, 0.25) is 0 Å². The van der Waals surface area contributed by atoms with Crippen molar-refractivity contribution < 1.29 is 14.3 Å². The molecule has 0 aromatic rings. The third-order valence-electron chi connectivity index (χ3n) is 2.68. The highest BCUT2D eigenvalue weighted by Crippen LogP contribution is 2.40. The van der Waals surface area contributed by atoms with Gasteiger partial charge in [0.25, 0.3) is 0 Å². The standard InChI is InChI=1S/C9H12O3/c1-9(11-2)3-6-5-12-8(10)7(6)4-9/h3-5H2,1-2H3. The first-order chi connectivity index (χ1) is 5.64. The van der Waals surface area contributed by atoms with Crippen LogP contribution < -0.4 is 0 Å². The van der Waals surface area contributed by atoms with Crippen LogP contribution in [-0.4, -0.2) is 25.3 Å². The summed E-state index contributed by atoms with van der Waals surface area (Å²) in [4.78, 5) is 11.1. The van der Waals surface area contributed by atoms with Gasteiger partial charge < -0.3 is 9.47 Å². The summed E-state index contributed by atoms with van der Waals surface area (Å²) in [5.74, 6) is -0.147. The molecule has 0 aromatic heterocycles. The molecule has 1 aliphatic heterocycles. The van der Waals surface area contributed by atoms with Gasteiger partial charge in [-0.25, -0.2) is 4.79 Å². The molecule has 1 aliphatic carbocycles. The molecular formula is C9H12O3. The fraction of sp³-hybridized carbons (Fsp3) is 0.667. The third kappa shape index (κ3) is 0.966. The van der Waals surface area contributed by atoms with Crippen LogP contribution in [0.4, 0.5) is 0 Å². The van der Waals surface area contributed by atoms with E-state index in [4.69, 9.17) is 9.47 Å². The molecule has 0 fully saturated rings. The molecular weight excluding hydrogens is 156 g/mol. The lowest BCUT2D eigenvalue weighted by molar-refractivity contribution is -0.137. The molecule has 0 aromatic carbocycles. The van der Waals surface area contributed by atoms with Gasteiger partial charge in [0.1, 0.15) is 6.61 Å². The molecule has 0 radical (unpaired) electrons. The van der Waals surface area contributed by atoms with E-state index in [1.54, 1.807) is 7.11 Å². The van der Waals surface area contributed by atoms with Gasteiger partial charge in [0.2, 0.25) is 0 Å². The van der Waals surface area contributed by atoms with Gasteiger partial charge in [-0.05, 0) is 12.5 Å². The normalized spacial score (nSPS) is 34.0. The summed E-state index contributed by atoms with van der Waals surface area (Å²) in [5.41, 5.74) is 1.81. The monoisotopic (exact) mass is 168 g/mol. The van der Waals surface area contributed by atoms with E-state index in [0.717, 1.165) is 17.6 Å². The summed E-state index contributed by atoms with van der Waals surface area (Å²) in [6.45, 7) is 2.51. The predicted octanol–water partition coefficient (Wildman–Crippen LogP) is 1.04. The van der Waals surface area contributed by atoms with Crippen LogP contribution in [0.15, 0.2) is 11.1 Å². The maximum absolute atomic E-state index is 11.1. The summed E-state index contributed by atoms with van der Waals surface area (Å²) in [7, 11) is 1.69. The van der Waals surface area contributed by atoms with E-state index >= 15 is 0 Å². The van der Waals surface area contributed by atoms with Crippen LogP contribution in [0, 0.1) is 0 Å². The van der Waals surface area contributed by atoms with Crippen molar-refractivity contribution >= 4 is 5.97 Å². The van der Waals surface area contributed by atoms with Crippen molar-refractivity contribution in [2.45, 2.75) is 25.4 Å². The number of carbonyl (C=O) groups excluding carboxylic acids is 1. The van der Waals surface area contributed by atoms with Crippen LogP contribution in [0.3, 0.4) is 0 Å². The maximum Gasteiger partial charge on any atom is 0.334 e. The third-order valence-corrected chi connectivity index (χ3v) is 2.68. The minimum Gasteiger partial charge on any atom is -0.458 e. The Morgan fingerprint density at radius 3 is 2.83 bits per heavy atom. The molecule has 0 saturated heterocycles. The van der Waals surface area contributed by atoms with Crippen molar-refractivity contribution in [2.75, 3.05) is 13.7 Å². The molecule has 12 heavy (non-hydrogen) atoms. The Labute approximate surface area is 71.3 Å². The number of ether oxygens (including phenoxy) is 2. The molecule has 0 bridgehead atoms. The average Bonchev–Trinajstić information content (AvgIpc) is 2.53. The molecule has 2 aliphatic rings.